The van der Waals surface area contributed by atoms with Gasteiger partial charge in [-0.15, -0.1) is 0 Å². The molecule has 0 spiro atoms. The topological polar surface area (TPSA) is 53.1 Å². The quantitative estimate of drug-likeness (QED) is 0.548. The van der Waals surface area contributed by atoms with Crippen LogP contribution in [0.2, 0.25) is 0 Å². The Morgan fingerprint density at radius 1 is 1.18 bits per heavy atom. The summed E-state index contributed by atoms with van der Waals surface area (Å²) in [6.07, 6.45) is 9.22. The molecule has 1 aromatic heterocycles. The highest BCUT2D eigenvalue weighted by molar-refractivity contribution is 7.98. The van der Waals surface area contributed by atoms with E-state index in [1.54, 1.807) is 11.8 Å². The number of fused-ring (bicyclic) bond motifs is 1. The lowest BCUT2D eigenvalue weighted by molar-refractivity contribution is 0.0775. The summed E-state index contributed by atoms with van der Waals surface area (Å²) in [5.74, 6) is 1.69. The minimum Gasteiger partial charge on any atom is -0.373 e. The van der Waals surface area contributed by atoms with Crippen molar-refractivity contribution in [3.8, 4) is 0 Å². The van der Waals surface area contributed by atoms with E-state index in [4.69, 9.17) is 0 Å². The molecule has 1 saturated carbocycles. The first kappa shape index (κ1) is 19.7. The molecule has 1 aliphatic carbocycles. The molecule has 3 atom stereocenters. The van der Waals surface area contributed by atoms with Crippen molar-refractivity contribution in [1.82, 2.24) is 20.2 Å². The van der Waals surface area contributed by atoms with E-state index in [2.05, 4.69) is 55.8 Å². The maximum Gasteiger partial charge on any atom is 0.189 e. The normalized spacial score (nSPS) is 24.9. The number of nitrogens with one attached hydrogen (secondary N) is 2. The molecular formula is C22H31N5S. The number of aromatic nitrogens is 2. The number of hydrogen-bond donors (Lipinski definition) is 2. The van der Waals surface area contributed by atoms with Crippen LogP contribution in [0.15, 0.2) is 41.7 Å². The maximum atomic E-state index is 4.59. The Balaban J connectivity index is 1.39. The van der Waals surface area contributed by atoms with Gasteiger partial charge in [0.2, 0.25) is 0 Å². The molecule has 4 rings (SSSR count). The van der Waals surface area contributed by atoms with Crippen LogP contribution in [-0.4, -0.2) is 46.8 Å². The number of likely N-dealkylation sites (tertiary alicyclic amines) is 1. The van der Waals surface area contributed by atoms with Crippen molar-refractivity contribution in [2.24, 2.45) is 5.92 Å². The summed E-state index contributed by atoms with van der Waals surface area (Å²) in [6, 6.07) is 12.2. The molecule has 0 radical (unpaired) electrons. The van der Waals surface area contributed by atoms with E-state index in [1.807, 2.05) is 19.5 Å². The highest BCUT2D eigenvalue weighted by atomic mass is 32.2. The average molecular weight is 398 g/mol. The minimum atomic E-state index is 0.587. The Labute approximate surface area is 172 Å². The number of rotatable bonds is 7. The van der Waals surface area contributed by atoms with Crippen molar-refractivity contribution in [3.05, 3.63) is 47.7 Å². The predicted octanol–water partition coefficient (Wildman–Crippen LogP) is 3.77. The van der Waals surface area contributed by atoms with Crippen LogP contribution in [0.4, 0.5) is 5.82 Å². The van der Waals surface area contributed by atoms with E-state index in [0.29, 0.717) is 12.1 Å². The first-order chi connectivity index (χ1) is 13.8. The van der Waals surface area contributed by atoms with Crippen molar-refractivity contribution in [3.63, 3.8) is 0 Å². The Kier molecular flexibility index (Phi) is 6.50. The lowest BCUT2D eigenvalue weighted by Crippen LogP contribution is -2.52. The fraction of sp³-hybridized carbons (Fsp3) is 0.545. The molecule has 0 amide bonds. The molecular weight excluding hydrogens is 366 g/mol. The molecule has 6 heteroatoms. The van der Waals surface area contributed by atoms with Gasteiger partial charge >= 0.3 is 0 Å². The summed E-state index contributed by atoms with van der Waals surface area (Å²) in [6.45, 7) is 3.09. The molecule has 2 heterocycles. The zero-order valence-corrected chi connectivity index (χ0v) is 17.7. The van der Waals surface area contributed by atoms with E-state index in [9.17, 15) is 0 Å². The van der Waals surface area contributed by atoms with E-state index in [-0.39, 0.29) is 0 Å². The summed E-state index contributed by atoms with van der Waals surface area (Å²) < 4.78 is 0. The standard InChI is InChI=1S/C22H31N5S/c1-23-21-17(14-25-22(26-21)28-2)13-24-19-11-12-27(20-10-6-9-18(19)20)15-16-7-4-3-5-8-16/h3-5,7-8,14,18-20,24H,6,9-13,15H2,1-2H3,(H,23,25,26). The number of benzene rings is 1. The van der Waals surface area contributed by atoms with Crippen LogP contribution in [0, 0.1) is 5.92 Å². The molecule has 3 unspecified atom stereocenters. The molecule has 2 N–H and O–H groups in total. The third kappa shape index (κ3) is 4.34. The van der Waals surface area contributed by atoms with Crippen molar-refractivity contribution >= 4 is 17.6 Å². The number of thioether (sulfide) groups is 1. The van der Waals surface area contributed by atoms with Gasteiger partial charge in [0, 0.05) is 50.5 Å². The van der Waals surface area contributed by atoms with Crippen LogP contribution < -0.4 is 10.6 Å². The fourth-order valence-electron chi connectivity index (χ4n) is 4.92. The monoisotopic (exact) mass is 397 g/mol. The van der Waals surface area contributed by atoms with Gasteiger partial charge in [0.15, 0.2) is 5.16 Å². The molecule has 0 bridgehead atoms. The van der Waals surface area contributed by atoms with Crippen LogP contribution in [0.5, 0.6) is 0 Å². The van der Waals surface area contributed by atoms with Crippen LogP contribution in [0.1, 0.15) is 36.8 Å². The number of nitrogens with zero attached hydrogens (tertiary/aromatic N) is 3. The Bertz CT molecular complexity index is 769. The third-order valence-electron chi connectivity index (χ3n) is 6.29. The minimum absolute atomic E-state index is 0.587. The predicted molar refractivity (Wildman–Crippen MR) is 117 cm³/mol. The van der Waals surface area contributed by atoms with Gasteiger partial charge < -0.3 is 10.6 Å². The Hall–Kier alpha value is -1.63. The highest BCUT2D eigenvalue weighted by Gasteiger charge is 2.40. The molecule has 1 saturated heterocycles. The van der Waals surface area contributed by atoms with Crippen LogP contribution in [0.25, 0.3) is 0 Å². The molecule has 2 aromatic rings. The second-order valence-electron chi connectivity index (χ2n) is 7.87. The zero-order valence-electron chi connectivity index (χ0n) is 16.9. The van der Waals surface area contributed by atoms with Crippen LogP contribution in [-0.2, 0) is 13.1 Å². The average Bonchev–Trinajstić information content (AvgIpc) is 3.24. The third-order valence-corrected chi connectivity index (χ3v) is 6.85. The molecule has 1 aromatic carbocycles. The SMILES string of the molecule is CNc1nc(SC)ncc1CNC1CCN(Cc2ccccc2)C2CCCC12. The molecule has 5 nitrogen and oxygen atoms in total. The van der Waals surface area contributed by atoms with Crippen LogP contribution >= 0.6 is 11.8 Å². The van der Waals surface area contributed by atoms with Crippen molar-refractivity contribution in [2.75, 3.05) is 25.2 Å². The molecule has 1 aliphatic heterocycles. The summed E-state index contributed by atoms with van der Waals surface area (Å²) >= 11 is 1.58. The van der Waals surface area contributed by atoms with Crippen molar-refractivity contribution in [2.45, 2.75) is 56.0 Å². The Morgan fingerprint density at radius 2 is 2.04 bits per heavy atom. The molecule has 2 aliphatic rings. The van der Waals surface area contributed by atoms with Gasteiger partial charge in [-0.1, -0.05) is 48.5 Å². The van der Waals surface area contributed by atoms with E-state index < -0.39 is 0 Å². The smallest absolute Gasteiger partial charge is 0.189 e. The fourth-order valence-corrected chi connectivity index (χ4v) is 5.26. The molecule has 2 fully saturated rings. The van der Waals surface area contributed by atoms with Crippen LogP contribution in [0.3, 0.4) is 0 Å². The molecule has 28 heavy (non-hydrogen) atoms. The van der Waals surface area contributed by atoms with Gasteiger partial charge in [0.25, 0.3) is 0 Å². The van der Waals surface area contributed by atoms with E-state index >= 15 is 0 Å². The highest BCUT2D eigenvalue weighted by Crippen LogP contribution is 2.38. The maximum absolute atomic E-state index is 4.59. The van der Waals surface area contributed by atoms with Crippen molar-refractivity contribution < 1.29 is 0 Å². The summed E-state index contributed by atoms with van der Waals surface area (Å²) in [5.41, 5.74) is 2.59. The summed E-state index contributed by atoms with van der Waals surface area (Å²) in [4.78, 5) is 11.8. The van der Waals surface area contributed by atoms with Gasteiger partial charge in [-0.3, -0.25) is 4.90 Å². The first-order valence-corrected chi connectivity index (χ1v) is 11.6. The summed E-state index contributed by atoms with van der Waals surface area (Å²) in [5, 5.41) is 7.90. The lowest BCUT2D eigenvalue weighted by atomic mass is 9.86. The number of anilines is 1. The second kappa shape index (κ2) is 9.25. The molecule has 150 valence electrons. The second-order valence-corrected chi connectivity index (χ2v) is 8.65. The Morgan fingerprint density at radius 3 is 2.82 bits per heavy atom. The van der Waals surface area contributed by atoms with E-state index in [1.165, 1.54) is 37.8 Å². The van der Waals surface area contributed by atoms with Gasteiger partial charge in [-0.05, 0) is 37.0 Å². The zero-order chi connectivity index (χ0) is 19.3. The number of hydrogen-bond acceptors (Lipinski definition) is 6. The van der Waals surface area contributed by atoms with E-state index in [0.717, 1.165) is 35.5 Å². The van der Waals surface area contributed by atoms with Gasteiger partial charge in [0.05, 0.1) is 0 Å². The van der Waals surface area contributed by atoms with Gasteiger partial charge in [-0.25, -0.2) is 9.97 Å². The first-order valence-electron chi connectivity index (χ1n) is 10.4. The largest absolute Gasteiger partial charge is 0.373 e. The lowest BCUT2D eigenvalue weighted by Gasteiger charge is -2.43. The number of piperidine rings is 1. The van der Waals surface area contributed by atoms with Gasteiger partial charge in [0.1, 0.15) is 5.82 Å². The summed E-state index contributed by atoms with van der Waals surface area (Å²) in [7, 11) is 1.94. The van der Waals surface area contributed by atoms with Gasteiger partial charge in [-0.2, -0.15) is 0 Å². The van der Waals surface area contributed by atoms with Crippen molar-refractivity contribution in [1.29, 1.82) is 0 Å².